The third-order valence-electron chi connectivity index (χ3n) is 5.67. The lowest BCUT2D eigenvalue weighted by Crippen LogP contribution is -2.37. The lowest BCUT2D eigenvalue weighted by molar-refractivity contribution is 0.0708. The van der Waals surface area contributed by atoms with Crippen molar-refractivity contribution in [1.82, 2.24) is 9.80 Å². The highest BCUT2D eigenvalue weighted by atomic mass is 79.9. The van der Waals surface area contributed by atoms with Crippen LogP contribution in [0.3, 0.4) is 0 Å². The highest BCUT2D eigenvalue weighted by Gasteiger charge is 2.42. The van der Waals surface area contributed by atoms with E-state index in [1.54, 1.807) is 4.90 Å². The number of amides is 1. The Balaban J connectivity index is 1.87. The molecule has 1 aliphatic rings. The fraction of sp³-hybridized carbons (Fsp3) is 0.304. The first-order chi connectivity index (χ1) is 14.4. The van der Waals surface area contributed by atoms with Crippen LogP contribution in [0.2, 0.25) is 0 Å². The van der Waals surface area contributed by atoms with Crippen molar-refractivity contribution in [3.63, 3.8) is 0 Å². The summed E-state index contributed by atoms with van der Waals surface area (Å²) in [5, 5.41) is 0.147. The summed E-state index contributed by atoms with van der Waals surface area (Å²) in [6, 6.07) is 10.7. The maximum Gasteiger partial charge on any atom is 0.290 e. The van der Waals surface area contributed by atoms with Gasteiger partial charge in [-0.2, -0.15) is 0 Å². The molecule has 156 valence electrons. The zero-order valence-electron chi connectivity index (χ0n) is 16.8. The Morgan fingerprint density at radius 3 is 2.47 bits per heavy atom. The molecule has 1 amide bonds. The van der Waals surface area contributed by atoms with E-state index in [0.29, 0.717) is 13.1 Å². The standard InChI is InChI=1S/C23H22BrFN2O3/c1-3-26(4-2)11-12-27-20(14-5-7-15(24)8-6-14)19-21(28)17-13-16(25)9-10-18(17)30-22(19)23(27)29/h5-10,13,20H,3-4,11-12H2,1-2H3. The van der Waals surface area contributed by atoms with Crippen LogP contribution in [0.25, 0.3) is 11.0 Å². The Labute approximate surface area is 182 Å². The van der Waals surface area contributed by atoms with Crippen LogP contribution in [0.4, 0.5) is 4.39 Å². The van der Waals surface area contributed by atoms with Gasteiger partial charge in [0.1, 0.15) is 11.4 Å². The van der Waals surface area contributed by atoms with Crippen LogP contribution in [0.5, 0.6) is 0 Å². The minimum absolute atomic E-state index is 0.0478. The summed E-state index contributed by atoms with van der Waals surface area (Å²) < 4.78 is 20.5. The van der Waals surface area contributed by atoms with Crippen molar-refractivity contribution in [1.29, 1.82) is 0 Å². The van der Waals surface area contributed by atoms with Crippen molar-refractivity contribution in [2.45, 2.75) is 19.9 Å². The molecule has 0 N–H and O–H groups in total. The lowest BCUT2D eigenvalue weighted by atomic mass is 9.98. The topological polar surface area (TPSA) is 53.8 Å². The number of nitrogens with zero attached hydrogens (tertiary/aromatic N) is 2. The average molecular weight is 473 g/mol. The first-order valence-electron chi connectivity index (χ1n) is 9.99. The van der Waals surface area contributed by atoms with Gasteiger partial charge in [-0.1, -0.05) is 41.9 Å². The van der Waals surface area contributed by atoms with Crippen LogP contribution >= 0.6 is 15.9 Å². The summed E-state index contributed by atoms with van der Waals surface area (Å²) in [4.78, 5) is 30.5. The molecule has 3 aromatic rings. The normalized spacial score (nSPS) is 16.0. The van der Waals surface area contributed by atoms with Gasteiger partial charge in [-0.15, -0.1) is 0 Å². The minimum atomic E-state index is -0.569. The van der Waals surface area contributed by atoms with E-state index < -0.39 is 11.9 Å². The molecule has 0 saturated heterocycles. The van der Waals surface area contributed by atoms with Gasteiger partial charge < -0.3 is 14.2 Å². The van der Waals surface area contributed by atoms with Crippen molar-refractivity contribution >= 4 is 32.8 Å². The maximum absolute atomic E-state index is 13.8. The second-order valence-electron chi connectivity index (χ2n) is 7.29. The van der Waals surface area contributed by atoms with Crippen LogP contribution in [-0.2, 0) is 0 Å². The summed E-state index contributed by atoms with van der Waals surface area (Å²) in [5.41, 5.74) is 0.943. The first-order valence-corrected chi connectivity index (χ1v) is 10.8. The zero-order chi connectivity index (χ0) is 21.4. The predicted molar refractivity (Wildman–Crippen MR) is 117 cm³/mol. The van der Waals surface area contributed by atoms with Gasteiger partial charge in [0.05, 0.1) is 17.0 Å². The van der Waals surface area contributed by atoms with Gasteiger partial charge in [-0.05, 0) is 49.0 Å². The van der Waals surface area contributed by atoms with Gasteiger partial charge in [0, 0.05) is 17.6 Å². The molecule has 0 bridgehead atoms. The van der Waals surface area contributed by atoms with E-state index in [2.05, 4.69) is 34.7 Å². The molecule has 0 spiro atoms. The minimum Gasteiger partial charge on any atom is -0.450 e. The second-order valence-corrected chi connectivity index (χ2v) is 8.21. The molecule has 0 fully saturated rings. The Morgan fingerprint density at radius 1 is 1.10 bits per heavy atom. The van der Waals surface area contributed by atoms with E-state index in [-0.39, 0.29) is 33.6 Å². The molecule has 5 nitrogen and oxygen atoms in total. The molecule has 7 heteroatoms. The fourth-order valence-corrected chi connectivity index (χ4v) is 4.27. The Bertz CT molecular complexity index is 1160. The molecule has 1 atom stereocenters. The molecule has 0 radical (unpaired) electrons. The van der Waals surface area contributed by atoms with Gasteiger partial charge in [-0.25, -0.2) is 4.39 Å². The number of benzene rings is 2. The summed E-state index contributed by atoms with van der Waals surface area (Å²) in [6.45, 7) is 7.02. The number of halogens is 2. The molecule has 1 aliphatic heterocycles. The van der Waals surface area contributed by atoms with Gasteiger partial charge >= 0.3 is 0 Å². The van der Waals surface area contributed by atoms with Crippen molar-refractivity contribution in [2.24, 2.45) is 0 Å². The molecule has 2 heterocycles. The number of rotatable bonds is 6. The quantitative estimate of drug-likeness (QED) is 0.526. The maximum atomic E-state index is 13.8. The first kappa shape index (κ1) is 20.8. The van der Waals surface area contributed by atoms with Crippen LogP contribution < -0.4 is 5.43 Å². The Hall–Kier alpha value is -2.51. The third-order valence-corrected chi connectivity index (χ3v) is 6.19. The molecule has 0 saturated carbocycles. The zero-order valence-corrected chi connectivity index (χ0v) is 18.4. The van der Waals surface area contributed by atoms with Crippen molar-refractivity contribution in [3.8, 4) is 0 Å². The number of carbonyl (C=O) groups excluding carboxylic acids is 1. The van der Waals surface area contributed by atoms with Gasteiger partial charge in [0.15, 0.2) is 5.43 Å². The Morgan fingerprint density at radius 2 is 1.80 bits per heavy atom. The van der Waals surface area contributed by atoms with Crippen molar-refractivity contribution in [2.75, 3.05) is 26.2 Å². The number of fused-ring (bicyclic) bond motifs is 2. The molecular weight excluding hydrogens is 451 g/mol. The molecule has 0 aliphatic carbocycles. The molecule has 1 aromatic heterocycles. The number of hydrogen-bond acceptors (Lipinski definition) is 4. The molecule has 2 aromatic carbocycles. The SMILES string of the molecule is CCN(CC)CCN1C(=O)c2oc3ccc(F)cc3c(=O)c2C1c1ccc(Br)cc1. The van der Waals surface area contributed by atoms with Crippen LogP contribution in [0, 0.1) is 5.82 Å². The summed E-state index contributed by atoms with van der Waals surface area (Å²) in [6.07, 6.45) is 0. The van der Waals surface area contributed by atoms with E-state index in [0.717, 1.165) is 23.1 Å². The average Bonchev–Trinajstić information content (AvgIpc) is 3.02. The summed E-state index contributed by atoms with van der Waals surface area (Å²) in [5.74, 6) is -0.780. The predicted octanol–water partition coefficient (Wildman–Crippen LogP) is 4.58. The van der Waals surface area contributed by atoms with E-state index >= 15 is 0 Å². The van der Waals surface area contributed by atoms with Gasteiger partial charge in [0.2, 0.25) is 5.76 Å². The van der Waals surface area contributed by atoms with E-state index in [1.165, 1.54) is 18.2 Å². The number of carbonyl (C=O) groups is 1. The highest BCUT2D eigenvalue weighted by Crippen LogP contribution is 2.38. The van der Waals surface area contributed by atoms with Crippen LogP contribution in [0.1, 0.15) is 41.6 Å². The number of hydrogen-bond donors (Lipinski definition) is 0. The monoisotopic (exact) mass is 472 g/mol. The van der Waals surface area contributed by atoms with Crippen LogP contribution in [-0.4, -0.2) is 41.9 Å². The smallest absolute Gasteiger partial charge is 0.290 e. The van der Waals surface area contributed by atoms with Crippen molar-refractivity contribution < 1.29 is 13.6 Å². The van der Waals surface area contributed by atoms with Gasteiger partial charge in [0.25, 0.3) is 5.91 Å². The summed E-state index contributed by atoms with van der Waals surface area (Å²) in [7, 11) is 0. The molecule has 1 unspecified atom stereocenters. The lowest BCUT2D eigenvalue weighted by Gasteiger charge is -2.28. The number of likely N-dealkylation sites (N-methyl/N-ethyl adjacent to an activating group) is 1. The Kier molecular flexibility index (Phi) is 5.75. The van der Waals surface area contributed by atoms with Crippen LogP contribution in [0.15, 0.2) is 56.1 Å². The molecular formula is C23H22BrFN2O3. The van der Waals surface area contributed by atoms with Crippen molar-refractivity contribution in [3.05, 3.63) is 79.9 Å². The molecule has 30 heavy (non-hydrogen) atoms. The fourth-order valence-electron chi connectivity index (χ4n) is 4.00. The van der Waals surface area contributed by atoms with E-state index in [9.17, 15) is 14.0 Å². The summed E-state index contributed by atoms with van der Waals surface area (Å²) >= 11 is 3.43. The van der Waals surface area contributed by atoms with E-state index in [4.69, 9.17) is 4.42 Å². The second kappa shape index (κ2) is 8.32. The molecule has 4 rings (SSSR count). The largest absolute Gasteiger partial charge is 0.450 e. The van der Waals surface area contributed by atoms with Gasteiger partial charge in [-0.3, -0.25) is 9.59 Å². The highest BCUT2D eigenvalue weighted by molar-refractivity contribution is 9.10. The van der Waals surface area contributed by atoms with E-state index in [1.807, 2.05) is 24.3 Å². The third kappa shape index (κ3) is 3.56.